The van der Waals surface area contributed by atoms with Gasteiger partial charge in [-0.1, -0.05) is 13.3 Å². The predicted molar refractivity (Wildman–Crippen MR) is 75.3 cm³/mol. The lowest BCUT2D eigenvalue weighted by Gasteiger charge is -2.06. The van der Waals surface area contributed by atoms with Gasteiger partial charge in [0.2, 0.25) is 0 Å². The van der Waals surface area contributed by atoms with E-state index in [2.05, 4.69) is 11.9 Å². The lowest BCUT2D eigenvalue weighted by molar-refractivity contribution is 0.00730. The van der Waals surface area contributed by atoms with Gasteiger partial charge in [-0.05, 0) is 6.42 Å². The maximum Gasteiger partial charge on any atom is 0.393 e. The highest BCUT2D eigenvalue weighted by atomic mass is 16.6. The zero-order valence-corrected chi connectivity index (χ0v) is 12.6. The maximum absolute atomic E-state index is 8.80. The van der Waals surface area contributed by atoms with Crippen LogP contribution in [0.5, 0.6) is 6.08 Å². The molecule has 0 spiro atoms. The fraction of sp³-hybridized carbons (Fsp3) is 0.786. The van der Waals surface area contributed by atoms with Crippen molar-refractivity contribution >= 4 is 0 Å². The first kappa shape index (κ1) is 17.9. The zero-order valence-electron chi connectivity index (χ0n) is 12.6. The van der Waals surface area contributed by atoms with E-state index in [4.69, 9.17) is 28.5 Å². The van der Waals surface area contributed by atoms with Gasteiger partial charge in [0.25, 0.3) is 0 Å². The molecule has 0 radical (unpaired) electrons. The molecule has 0 aliphatic heterocycles. The van der Waals surface area contributed by atoms with E-state index in [1.165, 1.54) is 6.26 Å². The predicted octanol–water partition coefficient (Wildman–Crippen LogP) is 1.40. The van der Waals surface area contributed by atoms with Crippen molar-refractivity contribution in [1.82, 2.24) is 4.98 Å². The molecular formula is C14H25NO6. The third-order valence-electron chi connectivity index (χ3n) is 2.53. The summed E-state index contributed by atoms with van der Waals surface area (Å²) < 4.78 is 26.2. The van der Waals surface area contributed by atoms with Gasteiger partial charge in [0, 0.05) is 6.61 Å². The molecule has 0 saturated heterocycles. The van der Waals surface area contributed by atoms with Crippen molar-refractivity contribution in [2.24, 2.45) is 0 Å². The number of unbranched alkanes of at least 4 members (excludes halogenated alkanes) is 1. The van der Waals surface area contributed by atoms with Crippen molar-refractivity contribution in [3.63, 3.8) is 0 Å². The largest absolute Gasteiger partial charge is 0.448 e. The molecule has 0 aliphatic rings. The Bertz CT molecular complexity index is 344. The Morgan fingerprint density at radius 1 is 1.00 bits per heavy atom. The van der Waals surface area contributed by atoms with E-state index in [-0.39, 0.29) is 12.7 Å². The summed E-state index contributed by atoms with van der Waals surface area (Å²) in [4.78, 5) is 3.88. The van der Waals surface area contributed by atoms with Crippen LogP contribution in [0.25, 0.3) is 0 Å². The first-order valence-corrected chi connectivity index (χ1v) is 7.28. The van der Waals surface area contributed by atoms with Crippen LogP contribution in [0.1, 0.15) is 25.5 Å². The molecule has 0 fully saturated rings. The van der Waals surface area contributed by atoms with Crippen molar-refractivity contribution in [3.05, 3.63) is 12.0 Å². The van der Waals surface area contributed by atoms with E-state index < -0.39 is 0 Å². The number of hydrogen-bond donors (Lipinski definition) is 1. The summed E-state index contributed by atoms with van der Waals surface area (Å²) in [7, 11) is 0. The molecule has 1 aromatic rings. The van der Waals surface area contributed by atoms with E-state index in [9.17, 15) is 0 Å². The standard InChI is InChI=1S/C14H25NO6/c1-2-3-4-17-5-6-18-7-8-19-9-10-20-14-15-13(11-16)12-21-14/h12,16H,2-11H2,1H3. The van der Waals surface area contributed by atoms with Crippen molar-refractivity contribution in [2.75, 3.05) is 46.2 Å². The first-order valence-electron chi connectivity index (χ1n) is 7.28. The summed E-state index contributed by atoms with van der Waals surface area (Å²) in [5, 5.41) is 8.80. The summed E-state index contributed by atoms with van der Waals surface area (Å²) in [6.45, 7) is 5.78. The molecule has 1 heterocycles. The third kappa shape index (κ3) is 9.41. The minimum Gasteiger partial charge on any atom is -0.448 e. The Labute approximate surface area is 125 Å². The van der Waals surface area contributed by atoms with E-state index in [0.717, 1.165) is 19.4 Å². The molecule has 1 rings (SSSR count). The van der Waals surface area contributed by atoms with Gasteiger partial charge in [0.1, 0.15) is 18.6 Å². The number of hydrogen-bond acceptors (Lipinski definition) is 7. The lowest BCUT2D eigenvalue weighted by Crippen LogP contribution is -2.13. The molecule has 0 atom stereocenters. The fourth-order valence-corrected chi connectivity index (χ4v) is 1.40. The average molecular weight is 303 g/mol. The van der Waals surface area contributed by atoms with E-state index in [1.807, 2.05) is 0 Å². The molecule has 0 aliphatic carbocycles. The van der Waals surface area contributed by atoms with Crippen LogP contribution in [0.15, 0.2) is 10.7 Å². The van der Waals surface area contributed by atoms with Gasteiger partial charge >= 0.3 is 6.08 Å². The average Bonchev–Trinajstić information content (AvgIpc) is 2.96. The Balaban J connectivity index is 1.80. The zero-order chi connectivity index (χ0) is 15.2. The summed E-state index contributed by atoms with van der Waals surface area (Å²) in [6, 6.07) is 0. The van der Waals surface area contributed by atoms with Gasteiger partial charge in [0.15, 0.2) is 0 Å². The molecule has 0 saturated carbocycles. The smallest absolute Gasteiger partial charge is 0.393 e. The number of aliphatic hydroxyl groups is 1. The summed E-state index contributed by atoms with van der Waals surface area (Å²) in [5.41, 5.74) is 0.445. The van der Waals surface area contributed by atoms with Crippen LogP contribution in [0, 0.1) is 0 Å². The molecule has 0 amide bonds. The summed E-state index contributed by atoms with van der Waals surface area (Å²) >= 11 is 0. The van der Waals surface area contributed by atoms with Gasteiger partial charge in [-0.2, -0.15) is 4.98 Å². The van der Waals surface area contributed by atoms with Gasteiger partial charge < -0.3 is 28.5 Å². The summed E-state index contributed by atoms with van der Waals surface area (Å²) in [5.74, 6) is 0. The number of rotatable bonds is 14. The lowest BCUT2D eigenvalue weighted by atomic mass is 10.4. The summed E-state index contributed by atoms with van der Waals surface area (Å²) in [6.07, 6.45) is 3.73. The van der Waals surface area contributed by atoms with Crippen LogP contribution in [-0.2, 0) is 20.8 Å². The second kappa shape index (κ2) is 12.6. The monoisotopic (exact) mass is 303 g/mol. The van der Waals surface area contributed by atoms with E-state index in [1.54, 1.807) is 0 Å². The number of ether oxygens (including phenoxy) is 4. The second-order valence-electron chi connectivity index (χ2n) is 4.30. The van der Waals surface area contributed by atoms with Crippen molar-refractivity contribution in [2.45, 2.75) is 26.4 Å². The van der Waals surface area contributed by atoms with E-state index in [0.29, 0.717) is 45.3 Å². The highest BCUT2D eigenvalue weighted by molar-refractivity contribution is 4.97. The van der Waals surface area contributed by atoms with Crippen LogP contribution >= 0.6 is 0 Å². The minimum absolute atomic E-state index is 0.142. The van der Waals surface area contributed by atoms with Gasteiger partial charge in [-0.3, -0.25) is 0 Å². The van der Waals surface area contributed by atoms with Crippen LogP contribution in [0.3, 0.4) is 0 Å². The molecule has 0 bridgehead atoms. The van der Waals surface area contributed by atoms with Crippen LogP contribution < -0.4 is 4.74 Å². The Morgan fingerprint density at radius 2 is 1.62 bits per heavy atom. The first-order chi connectivity index (χ1) is 10.4. The van der Waals surface area contributed by atoms with Gasteiger partial charge in [-0.15, -0.1) is 0 Å². The molecule has 0 aromatic carbocycles. The second-order valence-corrected chi connectivity index (χ2v) is 4.30. The molecular weight excluding hydrogens is 278 g/mol. The Hall–Kier alpha value is -1.15. The normalized spacial score (nSPS) is 11.0. The van der Waals surface area contributed by atoms with Crippen molar-refractivity contribution in [1.29, 1.82) is 0 Å². The highest BCUT2D eigenvalue weighted by Crippen LogP contribution is 2.09. The van der Waals surface area contributed by atoms with Gasteiger partial charge in [0.05, 0.1) is 39.6 Å². The molecule has 1 aromatic heterocycles. The fourth-order valence-electron chi connectivity index (χ4n) is 1.40. The Morgan fingerprint density at radius 3 is 2.19 bits per heavy atom. The highest BCUT2D eigenvalue weighted by Gasteiger charge is 2.03. The minimum atomic E-state index is -0.164. The maximum atomic E-state index is 8.80. The van der Waals surface area contributed by atoms with Gasteiger partial charge in [-0.25, -0.2) is 0 Å². The molecule has 7 heteroatoms. The Kier molecular flexibility index (Phi) is 10.7. The number of aromatic nitrogens is 1. The number of nitrogens with zero attached hydrogens (tertiary/aromatic N) is 1. The number of oxazole rings is 1. The quantitative estimate of drug-likeness (QED) is 0.520. The number of aliphatic hydroxyl groups excluding tert-OH is 1. The molecule has 21 heavy (non-hydrogen) atoms. The topological polar surface area (TPSA) is 83.2 Å². The molecule has 122 valence electrons. The van der Waals surface area contributed by atoms with E-state index >= 15 is 0 Å². The van der Waals surface area contributed by atoms with Crippen molar-refractivity contribution < 1.29 is 28.5 Å². The molecule has 0 unspecified atom stereocenters. The third-order valence-corrected chi connectivity index (χ3v) is 2.53. The molecule has 7 nitrogen and oxygen atoms in total. The van der Waals surface area contributed by atoms with Crippen LogP contribution in [0.2, 0.25) is 0 Å². The van der Waals surface area contributed by atoms with Crippen LogP contribution in [-0.4, -0.2) is 56.3 Å². The molecule has 1 N–H and O–H groups in total. The SMILES string of the molecule is CCCCOCCOCCOCCOc1nc(CO)co1. The van der Waals surface area contributed by atoms with Crippen LogP contribution in [0.4, 0.5) is 0 Å². The van der Waals surface area contributed by atoms with Crippen molar-refractivity contribution in [3.8, 4) is 6.08 Å².